The number of halogens is 2. The monoisotopic (exact) mass is 445 g/mol. The van der Waals surface area contributed by atoms with Crippen LogP contribution in [0.15, 0.2) is 59.7 Å². The number of nitrogens with zero attached hydrogens (tertiary/aromatic N) is 4. The highest BCUT2D eigenvalue weighted by Crippen LogP contribution is 2.28. The lowest BCUT2D eigenvalue weighted by Crippen LogP contribution is -2.16. The molecule has 33 heavy (non-hydrogen) atoms. The third-order valence-corrected chi connectivity index (χ3v) is 5.86. The summed E-state index contributed by atoms with van der Waals surface area (Å²) in [6.45, 7) is 0.537. The van der Waals surface area contributed by atoms with Crippen LogP contribution in [0.4, 0.5) is 20.2 Å². The third-order valence-electron chi connectivity index (χ3n) is 5.86. The standard InChI is InChI=1S/C25H21F2N5O/c1-31(2)17-8-5-14(6-9-17)24-18-10-16(7-4-15(18)12-28-24)30-25(33)22-20(26)11-21-19(23(22)27)13-29-32(21)3/h4-11,13H,12H2,1-3H3,(H,30,33). The van der Waals surface area contributed by atoms with Gasteiger partial charge in [0.2, 0.25) is 0 Å². The van der Waals surface area contributed by atoms with Gasteiger partial charge < -0.3 is 10.2 Å². The molecule has 0 atom stereocenters. The Hall–Kier alpha value is -4.07. The number of benzene rings is 3. The van der Waals surface area contributed by atoms with Crippen molar-refractivity contribution >= 4 is 33.9 Å². The largest absolute Gasteiger partial charge is 0.378 e. The second-order valence-corrected chi connectivity index (χ2v) is 8.18. The summed E-state index contributed by atoms with van der Waals surface area (Å²) in [5, 5.41) is 6.66. The highest BCUT2D eigenvalue weighted by molar-refractivity contribution is 6.16. The van der Waals surface area contributed by atoms with Gasteiger partial charge in [-0.2, -0.15) is 5.10 Å². The van der Waals surface area contributed by atoms with Crippen molar-refractivity contribution < 1.29 is 13.6 Å². The molecule has 0 fully saturated rings. The first-order chi connectivity index (χ1) is 15.8. The topological polar surface area (TPSA) is 62.5 Å². The van der Waals surface area contributed by atoms with Crippen molar-refractivity contribution in [3.05, 3.63) is 88.6 Å². The van der Waals surface area contributed by atoms with E-state index >= 15 is 0 Å². The zero-order valence-electron chi connectivity index (χ0n) is 18.4. The number of aliphatic imine (C=N–C) groups is 1. The smallest absolute Gasteiger partial charge is 0.261 e. The fourth-order valence-electron chi connectivity index (χ4n) is 4.05. The first-order valence-corrected chi connectivity index (χ1v) is 10.4. The van der Waals surface area contributed by atoms with Crippen molar-refractivity contribution in [3.8, 4) is 0 Å². The number of carbonyl (C=O) groups is 1. The Morgan fingerprint density at radius 2 is 1.85 bits per heavy atom. The van der Waals surface area contributed by atoms with Gasteiger partial charge in [-0.1, -0.05) is 18.2 Å². The minimum Gasteiger partial charge on any atom is -0.378 e. The molecule has 166 valence electrons. The SMILES string of the molecule is CN(C)c1ccc(C2=NCc3ccc(NC(=O)c4c(F)cc5c(cnn5C)c4F)cc32)cc1. The molecule has 0 spiro atoms. The van der Waals surface area contributed by atoms with Gasteiger partial charge in [0, 0.05) is 49.7 Å². The zero-order valence-corrected chi connectivity index (χ0v) is 18.4. The highest BCUT2D eigenvalue weighted by Gasteiger charge is 2.23. The molecule has 0 bridgehead atoms. The molecule has 0 unspecified atom stereocenters. The Bertz CT molecular complexity index is 1440. The summed E-state index contributed by atoms with van der Waals surface area (Å²) in [7, 11) is 5.53. The van der Waals surface area contributed by atoms with Crippen LogP contribution < -0.4 is 10.2 Å². The van der Waals surface area contributed by atoms with Gasteiger partial charge in [0.05, 0.1) is 29.4 Å². The summed E-state index contributed by atoms with van der Waals surface area (Å²) in [5.41, 5.74) is 4.84. The van der Waals surface area contributed by atoms with E-state index in [1.165, 1.54) is 10.9 Å². The maximum atomic E-state index is 14.9. The van der Waals surface area contributed by atoms with E-state index in [2.05, 4.69) is 15.4 Å². The van der Waals surface area contributed by atoms with Crippen LogP contribution >= 0.6 is 0 Å². The Morgan fingerprint density at radius 1 is 1.09 bits per heavy atom. The lowest BCUT2D eigenvalue weighted by atomic mass is 9.99. The van der Waals surface area contributed by atoms with Crippen LogP contribution in [0.3, 0.4) is 0 Å². The van der Waals surface area contributed by atoms with Crippen molar-refractivity contribution in [2.24, 2.45) is 12.0 Å². The number of hydrogen-bond acceptors (Lipinski definition) is 4. The van der Waals surface area contributed by atoms with Crippen molar-refractivity contribution in [2.75, 3.05) is 24.3 Å². The molecule has 0 saturated carbocycles. The van der Waals surface area contributed by atoms with Gasteiger partial charge in [-0.15, -0.1) is 0 Å². The minimum atomic E-state index is -0.939. The number of carbonyl (C=O) groups excluding carboxylic acids is 1. The summed E-state index contributed by atoms with van der Waals surface area (Å²) in [4.78, 5) is 19.5. The molecule has 1 N–H and O–H groups in total. The van der Waals surface area contributed by atoms with Crippen molar-refractivity contribution in [1.29, 1.82) is 0 Å². The molecule has 0 aliphatic carbocycles. The number of hydrogen-bond donors (Lipinski definition) is 1. The Kier molecular flexibility index (Phi) is 4.92. The molecule has 6 nitrogen and oxygen atoms in total. The molecular weight excluding hydrogens is 424 g/mol. The second-order valence-electron chi connectivity index (χ2n) is 8.18. The van der Waals surface area contributed by atoms with E-state index in [-0.39, 0.29) is 10.9 Å². The zero-order chi connectivity index (χ0) is 23.3. The van der Waals surface area contributed by atoms with Gasteiger partial charge in [0.1, 0.15) is 17.2 Å². The van der Waals surface area contributed by atoms with Crippen LogP contribution in [0.1, 0.15) is 27.0 Å². The quantitative estimate of drug-likeness (QED) is 0.502. The Balaban J connectivity index is 1.45. The van der Waals surface area contributed by atoms with Crippen LogP contribution in [0.2, 0.25) is 0 Å². The second kappa shape index (κ2) is 7.81. The lowest BCUT2D eigenvalue weighted by Gasteiger charge is -2.13. The molecule has 1 amide bonds. The number of fused-ring (bicyclic) bond motifs is 2. The molecule has 5 rings (SSSR count). The van der Waals surface area contributed by atoms with Gasteiger partial charge >= 0.3 is 0 Å². The van der Waals surface area contributed by atoms with Gasteiger partial charge in [0.25, 0.3) is 5.91 Å². The molecular formula is C25H21F2N5O. The summed E-state index contributed by atoms with van der Waals surface area (Å²) < 4.78 is 30.9. The third kappa shape index (κ3) is 3.53. The molecule has 0 radical (unpaired) electrons. The highest BCUT2D eigenvalue weighted by atomic mass is 19.1. The number of aryl methyl sites for hydroxylation is 1. The summed E-state index contributed by atoms with van der Waals surface area (Å²) in [6.07, 6.45) is 1.28. The molecule has 2 heterocycles. The number of nitrogens with one attached hydrogen (secondary N) is 1. The van der Waals surface area contributed by atoms with Crippen molar-refractivity contribution in [1.82, 2.24) is 9.78 Å². The van der Waals surface area contributed by atoms with Gasteiger partial charge in [0.15, 0.2) is 0 Å². The summed E-state index contributed by atoms with van der Waals surface area (Å²) >= 11 is 0. The minimum absolute atomic E-state index is 0.0913. The number of amides is 1. The number of aromatic nitrogens is 2. The van der Waals surface area contributed by atoms with Gasteiger partial charge in [-0.25, -0.2) is 8.78 Å². The number of rotatable bonds is 4. The van der Waals surface area contributed by atoms with Crippen molar-refractivity contribution in [2.45, 2.75) is 6.54 Å². The molecule has 1 aliphatic rings. The van der Waals surface area contributed by atoms with Crippen LogP contribution in [0.25, 0.3) is 10.9 Å². The fraction of sp³-hybridized carbons (Fsp3) is 0.160. The van der Waals surface area contributed by atoms with E-state index in [0.29, 0.717) is 12.2 Å². The first-order valence-electron chi connectivity index (χ1n) is 10.4. The van der Waals surface area contributed by atoms with Crippen LogP contribution in [0.5, 0.6) is 0 Å². The van der Waals surface area contributed by atoms with Crippen LogP contribution in [-0.2, 0) is 13.6 Å². The lowest BCUT2D eigenvalue weighted by molar-refractivity contribution is 0.101. The maximum absolute atomic E-state index is 14.9. The molecule has 1 aliphatic heterocycles. The molecule has 1 aromatic heterocycles. The van der Waals surface area contributed by atoms with Crippen LogP contribution in [-0.4, -0.2) is 35.5 Å². The normalized spacial score (nSPS) is 12.6. The van der Waals surface area contributed by atoms with Gasteiger partial charge in [-0.05, 0) is 29.8 Å². The van der Waals surface area contributed by atoms with Gasteiger partial charge in [-0.3, -0.25) is 14.5 Å². The molecule has 8 heteroatoms. The van der Waals surface area contributed by atoms with E-state index in [9.17, 15) is 13.6 Å². The fourth-order valence-corrected chi connectivity index (χ4v) is 4.05. The maximum Gasteiger partial charge on any atom is 0.261 e. The average Bonchev–Trinajstić information content (AvgIpc) is 3.37. The molecule has 0 saturated heterocycles. The van der Waals surface area contributed by atoms with Crippen molar-refractivity contribution in [3.63, 3.8) is 0 Å². The predicted octanol–water partition coefficient (Wildman–Crippen LogP) is 4.52. The average molecular weight is 445 g/mol. The van der Waals surface area contributed by atoms with E-state index in [4.69, 9.17) is 0 Å². The van der Waals surface area contributed by atoms with Crippen LogP contribution in [0, 0.1) is 11.6 Å². The predicted molar refractivity (Wildman–Crippen MR) is 125 cm³/mol. The number of anilines is 2. The van der Waals surface area contributed by atoms with E-state index in [1.54, 1.807) is 19.2 Å². The van der Waals surface area contributed by atoms with E-state index < -0.39 is 23.1 Å². The molecule has 4 aromatic rings. The Morgan fingerprint density at radius 3 is 2.58 bits per heavy atom. The summed E-state index contributed by atoms with van der Waals surface area (Å²) in [5.74, 6) is -2.73. The Labute approximate surface area is 189 Å². The van der Waals surface area contributed by atoms with E-state index in [1.807, 2.05) is 49.3 Å². The summed E-state index contributed by atoms with van der Waals surface area (Å²) in [6, 6.07) is 14.5. The molecule has 3 aromatic carbocycles. The van der Waals surface area contributed by atoms with E-state index in [0.717, 1.165) is 34.2 Å². The first kappa shape index (κ1) is 20.8.